The Kier molecular flexibility index (Phi) is 7.38. The van der Waals surface area contributed by atoms with E-state index in [1.54, 1.807) is 26.8 Å². The average molecular weight is 545 g/mol. The second kappa shape index (κ2) is 10.3. The van der Waals surface area contributed by atoms with Gasteiger partial charge in [-0.3, -0.25) is 9.78 Å². The van der Waals surface area contributed by atoms with Gasteiger partial charge in [0.15, 0.2) is 5.78 Å². The minimum atomic E-state index is -4.67. The van der Waals surface area contributed by atoms with Crippen LogP contribution in [0.15, 0.2) is 71.0 Å². The van der Waals surface area contributed by atoms with Gasteiger partial charge in [0.2, 0.25) is 0 Å². The molecule has 0 radical (unpaired) electrons. The number of likely N-dealkylation sites (tertiary alicyclic amines) is 1. The van der Waals surface area contributed by atoms with E-state index in [2.05, 4.69) is 9.98 Å². The Morgan fingerprint density at radius 3 is 2.46 bits per heavy atom. The predicted octanol–water partition coefficient (Wildman–Crippen LogP) is 5.99. The molecule has 0 bridgehead atoms. The fraction of sp³-hybridized carbons (Fsp3) is 0.357. The molecule has 1 aliphatic carbocycles. The van der Waals surface area contributed by atoms with Crippen molar-refractivity contribution in [3.05, 3.63) is 83.1 Å². The van der Waals surface area contributed by atoms with Crippen molar-refractivity contribution in [2.24, 2.45) is 16.1 Å². The Bertz CT molecular complexity index is 1370. The van der Waals surface area contributed by atoms with Crippen LogP contribution < -0.4 is 5.73 Å². The topological polar surface area (TPSA) is 97.9 Å². The maximum absolute atomic E-state index is 14.1. The van der Waals surface area contributed by atoms with Gasteiger partial charge >= 0.3 is 12.3 Å². The molecule has 11 heteroatoms. The lowest BCUT2D eigenvalue weighted by atomic mass is 9.64. The lowest BCUT2D eigenvalue weighted by molar-refractivity contribution is -0.137. The molecule has 1 unspecified atom stereocenters. The quantitative estimate of drug-likeness (QED) is 0.378. The molecule has 1 saturated heterocycles. The van der Waals surface area contributed by atoms with Crippen molar-refractivity contribution in [2.75, 3.05) is 13.1 Å². The van der Waals surface area contributed by atoms with Gasteiger partial charge in [-0.2, -0.15) is 13.2 Å². The first kappa shape index (κ1) is 28.0. The van der Waals surface area contributed by atoms with Gasteiger partial charge in [0.1, 0.15) is 17.1 Å². The molecule has 206 valence electrons. The maximum atomic E-state index is 14.1. The molecule has 2 N–H and O–H groups in total. The first-order valence-corrected chi connectivity index (χ1v) is 12.2. The van der Waals surface area contributed by atoms with E-state index in [-0.39, 0.29) is 31.6 Å². The molecule has 4 rings (SSSR count). The molecule has 0 saturated carbocycles. The molecule has 1 aromatic heterocycles. The first-order valence-electron chi connectivity index (χ1n) is 12.2. The van der Waals surface area contributed by atoms with Crippen LogP contribution in [0.2, 0.25) is 0 Å². The number of benzene rings is 1. The van der Waals surface area contributed by atoms with Crippen LogP contribution in [0.25, 0.3) is 0 Å². The Morgan fingerprint density at radius 2 is 1.85 bits per heavy atom. The van der Waals surface area contributed by atoms with Gasteiger partial charge < -0.3 is 15.4 Å². The molecule has 7 nitrogen and oxygen atoms in total. The molecule has 1 aliphatic heterocycles. The molecule has 0 spiro atoms. The van der Waals surface area contributed by atoms with E-state index in [1.807, 2.05) is 0 Å². The summed E-state index contributed by atoms with van der Waals surface area (Å²) in [7, 11) is 0. The molecule has 2 aliphatic rings. The number of Topliss-reactive ketones (excluding diaryl/α,β-unsaturated/α-hetero) is 1. The summed E-state index contributed by atoms with van der Waals surface area (Å²) in [4.78, 5) is 36.9. The van der Waals surface area contributed by atoms with Crippen LogP contribution in [-0.2, 0) is 10.9 Å². The number of rotatable bonds is 3. The Labute approximate surface area is 223 Å². The molecule has 1 atom stereocenters. The van der Waals surface area contributed by atoms with E-state index in [9.17, 15) is 27.2 Å². The number of halogens is 4. The zero-order chi connectivity index (χ0) is 28.6. The van der Waals surface area contributed by atoms with Gasteiger partial charge in [0, 0.05) is 19.3 Å². The highest BCUT2D eigenvalue weighted by atomic mass is 19.4. The first-order chi connectivity index (χ1) is 18.2. The predicted molar refractivity (Wildman–Crippen MR) is 137 cm³/mol. The number of aliphatic imine (C=N–C) groups is 1. The zero-order valence-electron chi connectivity index (χ0n) is 21.7. The van der Waals surface area contributed by atoms with Gasteiger partial charge in [0.05, 0.1) is 22.4 Å². The number of ether oxygens (including phenoxy) is 1. The van der Waals surface area contributed by atoms with Crippen LogP contribution in [0.1, 0.15) is 49.7 Å². The summed E-state index contributed by atoms with van der Waals surface area (Å²) in [5, 5.41) is 0. The minimum absolute atomic E-state index is 0.0363. The van der Waals surface area contributed by atoms with Crippen LogP contribution in [0.3, 0.4) is 0 Å². The van der Waals surface area contributed by atoms with Crippen molar-refractivity contribution in [3.63, 3.8) is 0 Å². The highest BCUT2D eigenvalue weighted by Gasteiger charge is 2.51. The smallest absolute Gasteiger partial charge is 0.416 e. The van der Waals surface area contributed by atoms with Gasteiger partial charge in [-0.15, -0.1) is 0 Å². The van der Waals surface area contributed by atoms with Gasteiger partial charge in [0.25, 0.3) is 0 Å². The normalized spacial score (nSPS) is 21.9. The molecular weight excluding hydrogens is 516 g/mol. The highest BCUT2D eigenvalue weighted by Crippen LogP contribution is 2.47. The standard InChI is InChI=1S/C28H28F4N4O3/c1-26(2,3)39-25(38)36-11-9-18-12-22(35-21-6-4-20(29)5-7-21)17(15-33)14-27(18,16-36)24(37)23-13-19(8-10-34-23)28(30,31)32/h4-8,10,12-13,15H,9,11,14,16,33H2,1-3H3. The summed E-state index contributed by atoms with van der Waals surface area (Å²) in [5.74, 6) is -1.10. The van der Waals surface area contributed by atoms with Crippen LogP contribution in [-0.4, -0.2) is 46.2 Å². The number of nitrogens with zero attached hydrogens (tertiary/aromatic N) is 3. The number of piperidine rings is 1. The summed E-state index contributed by atoms with van der Waals surface area (Å²) in [6.07, 6.45) is -1.23. The Balaban J connectivity index is 1.82. The molecule has 2 aromatic rings. The lowest BCUT2D eigenvalue weighted by Crippen LogP contribution is -2.54. The summed E-state index contributed by atoms with van der Waals surface area (Å²) in [6.45, 7) is 5.20. The number of hydrogen-bond donors (Lipinski definition) is 1. The molecule has 1 aromatic carbocycles. The van der Waals surface area contributed by atoms with Gasteiger partial charge in [-0.1, -0.05) is 5.57 Å². The van der Waals surface area contributed by atoms with E-state index < -0.39 is 40.4 Å². The van der Waals surface area contributed by atoms with E-state index >= 15 is 0 Å². The number of nitrogens with two attached hydrogens (primary N) is 1. The summed E-state index contributed by atoms with van der Waals surface area (Å²) in [6, 6.07) is 6.99. The maximum Gasteiger partial charge on any atom is 0.416 e. The van der Waals surface area contributed by atoms with Gasteiger partial charge in [-0.05, 0) is 87.9 Å². The van der Waals surface area contributed by atoms with Crippen molar-refractivity contribution in [1.82, 2.24) is 9.88 Å². The average Bonchev–Trinajstić information content (AvgIpc) is 2.87. The number of carbonyl (C=O) groups is 2. The van der Waals surface area contributed by atoms with Crippen molar-refractivity contribution < 1.29 is 31.9 Å². The van der Waals surface area contributed by atoms with E-state index in [0.717, 1.165) is 18.3 Å². The molecule has 1 amide bonds. The third kappa shape index (κ3) is 6.02. The Morgan fingerprint density at radius 1 is 1.15 bits per heavy atom. The Hall–Kier alpha value is -4.02. The number of alkyl halides is 3. The summed E-state index contributed by atoms with van der Waals surface area (Å²) in [5.41, 5.74) is 4.22. The van der Waals surface area contributed by atoms with Crippen molar-refractivity contribution in [2.45, 2.75) is 45.4 Å². The van der Waals surface area contributed by atoms with E-state index in [4.69, 9.17) is 10.5 Å². The number of allylic oxidation sites excluding steroid dienone is 2. The third-order valence-corrected chi connectivity index (χ3v) is 6.54. The summed E-state index contributed by atoms with van der Waals surface area (Å²) < 4.78 is 59.2. The van der Waals surface area contributed by atoms with Gasteiger partial charge in [-0.25, -0.2) is 14.2 Å². The summed E-state index contributed by atoms with van der Waals surface area (Å²) >= 11 is 0. The van der Waals surface area contributed by atoms with Crippen LogP contribution in [0.4, 0.5) is 28.0 Å². The number of aromatic nitrogens is 1. The number of ketones is 1. The van der Waals surface area contributed by atoms with Crippen molar-refractivity contribution in [3.8, 4) is 0 Å². The number of carbonyl (C=O) groups excluding carboxylic acids is 2. The fourth-order valence-corrected chi connectivity index (χ4v) is 4.71. The third-order valence-electron chi connectivity index (χ3n) is 6.54. The fourth-order valence-electron chi connectivity index (χ4n) is 4.71. The molecule has 1 fully saturated rings. The van der Waals surface area contributed by atoms with E-state index in [1.165, 1.54) is 35.4 Å². The number of amides is 1. The molecule has 39 heavy (non-hydrogen) atoms. The molecule has 2 heterocycles. The second-order valence-electron chi connectivity index (χ2n) is 10.5. The zero-order valence-corrected chi connectivity index (χ0v) is 21.7. The molecular formula is C28H28F4N4O3. The van der Waals surface area contributed by atoms with Crippen LogP contribution >= 0.6 is 0 Å². The lowest BCUT2D eigenvalue weighted by Gasteiger charge is -2.46. The second-order valence-corrected chi connectivity index (χ2v) is 10.5. The van der Waals surface area contributed by atoms with E-state index in [0.29, 0.717) is 22.5 Å². The number of hydrogen-bond acceptors (Lipinski definition) is 6. The SMILES string of the molecule is CC(C)(C)OC(=O)N1CCC2=CC(=Nc3ccc(F)cc3)C(=CN)CC2(C(=O)c2cc(C(F)(F)F)ccn2)C1. The minimum Gasteiger partial charge on any atom is -0.444 e. The van der Waals surface area contributed by atoms with Crippen LogP contribution in [0, 0.1) is 11.2 Å². The van der Waals surface area contributed by atoms with Crippen molar-refractivity contribution >= 4 is 23.3 Å². The number of fused-ring (bicyclic) bond motifs is 1. The van der Waals surface area contributed by atoms with Crippen molar-refractivity contribution in [1.29, 1.82) is 0 Å². The number of pyridine rings is 1. The highest BCUT2D eigenvalue weighted by molar-refractivity contribution is 6.14. The monoisotopic (exact) mass is 544 g/mol. The van der Waals surface area contributed by atoms with Crippen LogP contribution in [0.5, 0.6) is 0 Å². The largest absolute Gasteiger partial charge is 0.444 e.